The highest BCUT2D eigenvalue weighted by molar-refractivity contribution is 7.22. The van der Waals surface area contributed by atoms with Gasteiger partial charge in [-0.1, -0.05) is 52.0 Å². The van der Waals surface area contributed by atoms with Gasteiger partial charge in [0.2, 0.25) is 0 Å². The van der Waals surface area contributed by atoms with Crippen molar-refractivity contribution < 1.29 is 0 Å². The number of nitrogens with zero attached hydrogens (tertiary/aromatic N) is 1. The Morgan fingerprint density at radius 3 is 2.53 bits per heavy atom. The van der Waals surface area contributed by atoms with Gasteiger partial charge >= 0.3 is 0 Å². The highest BCUT2D eigenvalue weighted by Crippen LogP contribution is 2.31. The molecule has 2 N–H and O–H groups in total. The zero-order valence-electron chi connectivity index (χ0n) is 11.4. The molecule has 0 saturated carbocycles. The van der Waals surface area contributed by atoms with E-state index in [0.29, 0.717) is 5.13 Å². The molecule has 3 heteroatoms. The van der Waals surface area contributed by atoms with Crippen LogP contribution < -0.4 is 5.73 Å². The first-order valence-corrected chi connectivity index (χ1v) is 7.01. The molecule has 17 heavy (non-hydrogen) atoms. The number of fused-ring (bicyclic) bond motifs is 1. The Hall–Kier alpha value is -1.09. The summed E-state index contributed by atoms with van der Waals surface area (Å²) in [5, 5.41) is 0.649. The molecule has 0 spiro atoms. The SMILES string of the molecule is CC.CCC(C)(C)c1ccc2nc(N)sc2c1. The number of hydrogen-bond donors (Lipinski definition) is 1. The van der Waals surface area contributed by atoms with Gasteiger partial charge in [-0.15, -0.1) is 0 Å². The van der Waals surface area contributed by atoms with Gasteiger partial charge in [0.1, 0.15) is 0 Å². The fraction of sp³-hybridized carbons (Fsp3) is 0.500. The van der Waals surface area contributed by atoms with E-state index in [9.17, 15) is 0 Å². The van der Waals surface area contributed by atoms with Gasteiger partial charge in [-0.2, -0.15) is 0 Å². The van der Waals surface area contributed by atoms with Gasteiger partial charge in [0, 0.05) is 0 Å². The fourth-order valence-corrected chi connectivity index (χ4v) is 2.34. The average molecular weight is 250 g/mol. The van der Waals surface area contributed by atoms with Gasteiger partial charge < -0.3 is 5.73 Å². The van der Waals surface area contributed by atoms with Gasteiger partial charge in [0.05, 0.1) is 10.2 Å². The second-order valence-electron chi connectivity index (χ2n) is 4.47. The Kier molecular flexibility index (Phi) is 4.52. The van der Waals surface area contributed by atoms with Crippen molar-refractivity contribution in [2.45, 2.75) is 46.5 Å². The third kappa shape index (κ3) is 2.97. The smallest absolute Gasteiger partial charge is 0.181 e. The molecule has 0 aliphatic rings. The van der Waals surface area contributed by atoms with Crippen molar-refractivity contribution in [3.05, 3.63) is 23.8 Å². The molecular formula is C14H22N2S. The lowest BCUT2D eigenvalue weighted by atomic mass is 9.82. The van der Waals surface area contributed by atoms with E-state index in [1.807, 2.05) is 13.8 Å². The lowest BCUT2D eigenvalue weighted by molar-refractivity contribution is 0.507. The van der Waals surface area contributed by atoms with Gasteiger partial charge in [-0.3, -0.25) is 0 Å². The third-order valence-corrected chi connectivity index (χ3v) is 3.92. The topological polar surface area (TPSA) is 38.9 Å². The van der Waals surface area contributed by atoms with E-state index in [-0.39, 0.29) is 5.41 Å². The summed E-state index contributed by atoms with van der Waals surface area (Å²) in [6.07, 6.45) is 1.13. The zero-order chi connectivity index (χ0) is 13.1. The van der Waals surface area contributed by atoms with E-state index in [1.165, 1.54) is 10.3 Å². The molecule has 1 heterocycles. The molecule has 0 radical (unpaired) electrons. The highest BCUT2D eigenvalue weighted by Gasteiger charge is 2.18. The summed E-state index contributed by atoms with van der Waals surface area (Å²) in [6.45, 7) is 10.7. The number of nitrogens with two attached hydrogens (primary N) is 1. The molecule has 0 saturated heterocycles. The van der Waals surface area contributed by atoms with Crippen molar-refractivity contribution in [3.8, 4) is 0 Å². The number of aromatic nitrogens is 1. The van der Waals surface area contributed by atoms with E-state index in [2.05, 4.69) is 44.0 Å². The van der Waals surface area contributed by atoms with Gasteiger partial charge in [-0.05, 0) is 29.5 Å². The first kappa shape index (κ1) is 14.0. The number of anilines is 1. The fourth-order valence-electron chi connectivity index (χ4n) is 1.57. The minimum absolute atomic E-state index is 0.229. The second-order valence-corrected chi connectivity index (χ2v) is 5.53. The van der Waals surface area contributed by atoms with Crippen LogP contribution in [0.5, 0.6) is 0 Å². The summed E-state index contributed by atoms with van der Waals surface area (Å²) >= 11 is 1.56. The molecule has 0 aliphatic heterocycles. The minimum Gasteiger partial charge on any atom is -0.375 e. The lowest BCUT2D eigenvalue weighted by Crippen LogP contribution is -2.14. The van der Waals surface area contributed by atoms with Crippen LogP contribution in [0.1, 0.15) is 46.6 Å². The molecule has 0 aliphatic carbocycles. The van der Waals surface area contributed by atoms with E-state index in [4.69, 9.17) is 5.73 Å². The second kappa shape index (κ2) is 5.50. The Balaban J connectivity index is 0.000000686. The van der Waals surface area contributed by atoms with Crippen molar-refractivity contribution in [1.29, 1.82) is 0 Å². The first-order valence-electron chi connectivity index (χ1n) is 6.19. The number of benzene rings is 1. The van der Waals surface area contributed by atoms with E-state index in [0.717, 1.165) is 11.9 Å². The normalized spacial score (nSPS) is 11.1. The summed E-state index contributed by atoms with van der Waals surface area (Å²) in [5.41, 5.74) is 8.29. The monoisotopic (exact) mass is 250 g/mol. The maximum absolute atomic E-state index is 5.69. The van der Waals surface area contributed by atoms with Gasteiger partial charge in [0.25, 0.3) is 0 Å². The quantitative estimate of drug-likeness (QED) is 0.846. The molecule has 0 fully saturated rings. The Bertz CT molecular complexity index is 486. The van der Waals surface area contributed by atoms with Crippen molar-refractivity contribution in [2.24, 2.45) is 0 Å². The minimum atomic E-state index is 0.229. The van der Waals surface area contributed by atoms with E-state index < -0.39 is 0 Å². The van der Waals surface area contributed by atoms with Crippen molar-refractivity contribution >= 4 is 26.7 Å². The molecule has 2 rings (SSSR count). The standard InChI is InChI=1S/C12H16N2S.C2H6/c1-4-12(2,3)8-5-6-9-10(7-8)15-11(13)14-9;1-2/h5-7H,4H2,1-3H3,(H2,13,14);1-2H3. The molecular weight excluding hydrogens is 228 g/mol. The number of thiazole rings is 1. The maximum atomic E-state index is 5.69. The van der Waals surface area contributed by atoms with Crippen molar-refractivity contribution in [3.63, 3.8) is 0 Å². The van der Waals surface area contributed by atoms with Crippen LogP contribution in [-0.4, -0.2) is 4.98 Å². The summed E-state index contributed by atoms with van der Waals surface area (Å²) in [6, 6.07) is 6.44. The van der Waals surface area contributed by atoms with Gasteiger partial charge in [-0.25, -0.2) is 4.98 Å². The molecule has 0 atom stereocenters. The summed E-state index contributed by atoms with van der Waals surface area (Å²) < 4.78 is 1.19. The predicted octanol–water partition coefficient (Wildman–Crippen LogP) is 4.59. The molecule has 2 aromatic rings. The molecule has 2 nitrogen and oxygen atoms in total. The Labute approximate surface area is 108 Å². The first-order chi connectivity index (χ1) is 8.03. The summed E-state index contributed by atoms with van der Waals surface area (Å²) in [4.78, 5) is 4.26. The number of rotatable bonds is 2. The van der Waals surface area contributed by atoms with Crippen LogP contribution in [0.25, 0.3) is 10.2 Å². The largest absolute Gasteiger partial charge is 0.375 e. The Morgan fingerprint density at radius 2 is 1.94 bits per heavy atom. The third-order valence-electron chi connectivity index (χ3n) is 3.07. The molecule has 94 valence electrons. The number of hydrogen-bond acceptors (Lipinski definition) is 3. The van der Waals surface area contributed by atoms with E-state index in [1.54, 1.807) is 11.3 Å². The molecule has 0 unspecified atom stereocenters. The zero-order valence-corrected chi connectivity index (χ0v) is 12.2. The van der Waals surface area contributed by atoms with Crippen LogP contribution in [0.4, 0.5) is 5.13 Å². The van der Waals surface area contributed by atoms with Crippen LogP contribution in [0, 0.1) is 0 Å². The van der Waals surface area contributed by atoms with Crippen LogP contribution in [0.2, 0.25) is 0 Å². The van der Waals surface area contributed by atoms with E-state index >= 15 is 0 Å². The lowest BCUT2D eigenvalue weighted by Gasteiger charge is -2.23. The maximum Gasteiger partial charge on any atom is 0.181 e. The number of nitrogen functional groups attached to an aromatic ring is 1. The van der Waals surface area contributed by atoms with Crippen molar-refractivity contribution in [2.75, 3.05) is 5.73 Å². The molecule has 0 amide bonds. The van der Waals surface area contributed by atoms with Crippen LogP contribution in [0.3, 0.4) is 0 Å². The summed E-state index contributed by atoms with van der Waals surface area (Å²) in [7, 11) is 0. The highest BCUT2D eigenvalue weighted by atomic mass is 32.1. The van der Waals surface area contributed by atoms with Gasteiger partial charge in [0.15, 0.2) is 5.13 Å². The molecule has 1 aromatic heterocycles. The predicted molar refractivity (Wildman–Crippen MR) is 78.7 cm³/mol. The average Bonchev–Trinajstić information content (AvgIpc) is 2.70. The Morgan fingerprint density at radius 1 is 1.29 bits per heavy atom. The summed E-state index contributed by atoms with van der Waals surface area (Å²) in [5.74, 6) is 0. The van der Waals surface area contributed by atoms with Crippen LogP contribution in [0.15, 0.2) is 18.2 Å². The molecule has 1 aromatic carbocycles. The van der Waals surface area contributed by atoms with Crippen LogP contribution in [-0.2, 0) is 5.41 Å². The van der Waals surface area contributed by atoms with Crippen molar-refractivity contribution in [1.82, 2.24) is 4.98 Å². The van der Waals surface area contributed by atoms with Crippen LogP contribution >= 0.6 is 11.3 Å². The molecule has 0 bridgehead atoms.